The molecule has 0 bridgehead atoms. The Hall–Kier alpha value is -2.07. The first-order chi connectivity index (χ1) is 11.7. The number of imide groups is 1. The molecule has 0 saturated carbocycles. The van der Waals surface area contributed by atoms with Gasteiger partial charge in [0.05, 0.1) is 5.25 Å². The van der Waals surface area contributed by atoms with Crippen molar-refractivity contribution in [2.45, 2.75) is 36.2 Å². The summed E-state index contributed by atoms with van der Waals surface area (Å²) in [5.41, 5.74) is 1.82. The van der Waals surface area contributed by atoms with E-state index in [1.165, 1.54) is 11.8 Å². The topological polar surface area (TPSA) is 46.2 Å². The molecule has 3 rings (SSSR count). The van der Waals surface area contributed by atoms with Crippen molar-refractivity contribution in [2.24, 2.45) is 0 Å². The van der Waals surface area contributed by atoms with Gasteiger partial charge in [0.2, 0.25) is 5.91 Å². The number of carbonyl (C=O) groups excluding carboxylic acids is 2. The van der Waals surface area contributed by atoms with Crippen molar-refractivity contribution in [3.05, 3.63) is 71.8 Å². The fourth-order valence-corrected chi connectivity index (χ4v) is 4.67. The molecule has 2 aromatic rings. The van der Waals surface area contributed by atoms with E-state index in [-0.39, 0.29) is 17.1 Å². The standard InChI is InChI=1S/C20H21NO2S/c1-2-3-14-17-18(22)21-19(23)20(24-17,15-10-6-4-7-11-15)16-12-8-5-9-13-16/h4-13,17H,2-3,14H2,1H3,(H,21,22,23)/t17-/m1/s1. The summed E-state index contributed by atoms with van der Waals surface area (Å²) in [6.07, 6.45) is 2.78. The quantitative estimate of drug-likeness (QED) is 0.841. The largest absolute Gasteiger partial charge is 0.294 e. The Morgan fingerprint density at radius 3 is 2.00 bits per heavy atom. The second-order valence-corrected chi connectivity index (χ2v) is 7.40. The van der Waals surface area contributed by atoms with Crippen LogP contribution in [-0.2, 0) is 14.3 Å². The minimum Gasteiger partial charge on any atom is -0.294 e. The van der Waals surface area contributed by atoms with Crippen molar-refractivity contribution >= 4 is 23.6 Å². The lowest BCUT2D eigenvalue weighted by atomic mass is 9.89. The maximum Gasteiger partial charge on any atom is 0.251 e. The van der Waals surface area contributed by atoms with Gasteiger partial charge in [0.15, 0.2) is 0 Å². The average molecular weight is 339 g/mol. The van der Waals surface area contributed by atoms with Crippen molar-refractivity contribution < 1.29 is 9.59 Å². The van der Waals surface area contributed by atoms with Gasteiger partial charge in [-0.15, -0.1) is 11.8 Å². The Morgan fingerprint density at radius 1 is 0.958 bits per heavy atom. The van der Waals surface area contributed by atoms with Crippen LogP contribution in [0.25, 0.3) is 0 Å². The highest BCUT2D eigenvalue weighted by atomic mass is 32.2. The summed E-state index contributed by atoms with van der Waals surface area (Å²) in [6, 6.07) is 19.5. The fourth-order valence-electron chi connectivity index (χ4n) is 3.09. The molecule has 1 atom stereocenters. The van der Waals surface area contributed by atoms with Crippen LogP contribution in [0.15, 0.2) is 60.7 Å². The molecule has 1 saturated heterocycles. The lowest BCUT2D eigenvalue weighted by molar-refractivity contribution is -0.132. The molecule has 1 heterocycles. The Morgan fingerprint density at radius 2 is 1.50 bits per heavy atom. The number of unbranched alkanes of at least 4 members (excludes halogenated alkanes) is 1. The van der Waals surface area contributed by atoms with Crippen LogP contribution in [0.1, 0.15) is 37.3 Å². The van der Waals surface area contributed by atoms with Crippen molar-refractivity contribution in [1.82, 2.24) is 5.32 Å². The Balaban J connectivity index is 2.10. The molecule has 0 unspecified atom stereocenters. The Bertz CT molecular complexity index is 675. The molecule has 0 aromatic heterocycles. The van der Waals surface area contributed by atoms with Crippen molar-refractivity contribution in [1.29, 1.82) is 0 Å². The van der Waals surface area contributed by atoms with E-state index in [0.29, 0.717) is 0 Å². The predicted molar refractivity (Wildman–Crippen MR) is 97.7 cm³/mol. The Kier molecular flexibility index (Phi) is 5.05. The highest BCUT2D eigenvalue weighted by Crippen LogP contribution is 2.48. The van der Waals surface area contributed by atoms with Gasteiger partial charge >= 0.3 is 0 Å². The molecule has 1 aliphatic rings. The number of hydrogen-bond acceptors (Lipinski definition) is 3. The zero-order chi connectivity index (χ0) is 17.0. The number of benzene rings is 2. The van der Waals surface area contributed by atoms with Crippen LogP contribution in [0.4, 0.5) is 0 Å². The number of nitrogens with one attached hydrogen (secondary N) is 1. The minimum atomic E-state index is -0.880. The van der Waals surface area contributed by atoms with Gasteiger partial charge in [-0.05, 0) is 17.5 Å². The predicted octanol–water partition coefficient (Wildman–Crippen LogP) is 3.88. The van der Waals surface area contributed by atoms with Crippen LogP contribution in [0.5, 0.6) is 0 Å². The van der Waals surface area contributed by atoms with Gasteiger partial charge in [0, 0.05) is 0 Å². The number of amides is 2. The molecule has 0 aliphatic carbocycles. The first-order valence-corrected chi connectivity index (χ1v) is 9.20. The van der Waals surface area contributed by atoms with Crippen LogP contribution in [0.3, 0.4) is 0 Å². The molecular weight excluding hydrogens is 318 g/mol. The minimum absolute atomic E-state index is 0.166. The highest BCUT2D eigenvalue weighted by molar-refractivity contribution is 8.02. The van der Waals surface area contributed by atoms with Gasteiger partial charge in [-0.2, -0.15) is 0 Å². The van der Waals surface area contributed by atoms with E-state index in [4.69, 9.17) is 0 Å². The molecule has 3 nitrogen and oxygen atoms in total. The van der Waals surface area contributed by atoms with Crippen LogP contribution >= 0.6 is 11.8 Å². The van der Waals surface area contributed by atoms with Gasteiger partial charge < -0.3 is 0 Å². The summed E-state index contributed by atoms with van der Waals surface area (Å²) in [7, 11) is 0. The van der Waals surface area contributed by atoms with Crippen LogP contribution < -0.4 is 5.32 Å². The van der Waals surface area contributed by atoms with Gasteiger partial charge in [-0.25, -0.2) is 0 Å². The van der Waals surface area contributed by atoms with E-state index >= 15 is 0 Å². The molecule has 0 radical (unpaired) electrons. The van der Waals surface area contributed by atoms with Crippen molar-refractivity contribution in [3.63, 3.8) is 0 Å². The summed E-state index contributed by atoms with van der Waals surface area (Å²) in [4.78, 5) is 25.3. The van der Waals surface area contributed by atoms with Gasteiger partial charge in [0.1, 0.15) is 4.75 Å². The van der Waals surface area contributed by atoms with E-state index in [0.717, 1.165) is 30.4 Å². The molecule has 2 aromatic carbocycles. The summed E-state index contributed by atoms with van der Waals surface area (Å²) in [5.74, 6) is -0.413. The van der Waals surface area contributed by atoms with E-state index in [2.05, 4.69) is 12.2 Å². The third kappa shape index (κ3) is 2.98. The van der Waals surface area contributed by atoms with Crippen LogP contribution in [0, 0.1) is 0 Å². The summed E-state index contributed by atoms with van der Waals surface area (Å²) >= 11 is 1.48. The van der Waals surface area contributed by atoms with Crippen LogP contribution in [-0.4, -0.2) is 17.1 Å². The SMILES string of the molecule is CCCC[C@H]1SC(c2ccccc2)(c2ccccc2)C(=O)NC1=O. The fraction of sp³-hybridized carbons (Fsp3) is 0.300. The number of rotatable bonds is 5. The molecule has 1 aliphatic heterocycles. The normalized spacial score (nSPS) is 19.8. The van der Waals surface area contributed by atoms with E-state index in [1.54, 1.807) is 0 Å². The lowest BCUT2D eigenvalue weighted by Gasteiger charge is -2.39. The average Bonchev–Trinajstić information content (AvgIpc) is 2.63. The van der Waals surface area contributed by atoms with Crippen molar-refractivity contribution in [2.75, 3.05) is 0 Å². The monoisotopic (exact) mass is 339 g/mol. The molecule has 1 N–H and O–H groups in total. The number of carbonyl (C=O) groups is 2. The molecule has 24 heavy (non-hydrogen) atoms. The van der Waals surface area contributed by atoms with Crippen molar-refractivity contribution in [3.8, 4) is 0 Å². The van der Waals surface area contributed by atoms with Gasteiger partial charge in [-0.1, -0.05) is 80.4 Å². The summed E-state index contributed by atoms with van der Waals surface area (Å²) in [5, 5.41) is 2.41. The molecule has 4 heteroatoms. The summed E-state index contributed by atoms with van der Waals surface area (Å²) in [6.45, 7) is 2.11. The Labute approximate surface area is 146 Å². The zero-order valence-electron chi connectivity index (χ0n) is 13.7. The van der Waals surface area contributed by atoms with E-state index in [9.17, 15) is 9.59 Å². The maximum atomic E-state index is 13.0. The molecule has 2 amide bonds. The third-order valence-corrected chi connectivity index (χ3v) is 6.09. The maximum absolute atomic E-state index is 13.0. The zero-order valence-corrected chi connectivity index (χ0v) is 14.5. The smallest absolute Gasteiger partial charge is 0.251 e. The van der Waals surface area contributed by atoms with Gasteiger partial charge in [-0.3, -0.25) is 14.9 Å². The molecule has 124 valence electrons. The number of hydrogen-bond donors (Lipinski definition) is 1. The lowest BCUT2D eigenvalue weighted by Crippen LogP contribution is -2.54. The first kappa shape index (κ1) is 16.8. The molecule has 0 spiro atoms. The molecule has 1 fully saturated rings. The number of thioether (sulfide) groups is 1. The van der Waals surface area contributed by atoms with Gasteiger partial charge in [0.25, 0.3) is 5.91 Å². The first-order valence-electron chi connectivity index (χ1n) is 8.32. The second-order valence-electron chi connectivity index (χ2n) is 5.98. The van der Waals surface area contributed by atoms with E-state index < -0.39 is 4.75 Å². The van der Waals surface area contributed by atoms with Crippen LogP contribution in [0.2, 0.25) is 0 Å². The summed E-state index contributed by atoms with van der Waals surface area (Å²) < 4.78 is -0.880. The van der Waals surface area contributed by atoms with E-state index in [1.807, 2.05) is 60.7 Å². The third-order valence-electron chi connectivity index (χ3n) is 4.35. The highest BCUT2D eigenvalue weighted by Gasteiger charge is 2.50. The second kappa shape index (κ2) is 7.22. The molecular formula is C20H21NO2S.